The zero-order chi connectivity index (χ0) is 21.2. The van der Waals surface area contributed by atoms with Crippen LogP contribution in [0, 0.1) is 0 Å². The van der Waals surface area contributed by atoms with Crippen molar-refractivity contribution in [3.05, 3.63) is 59.9 Å². The van der Waals surface area contributed by atoms with E-state index in [1.165, 1.54) is 0 Å². The lowest BCUT2D eigenvalue weighted by atomic mass is 9.75. The van der Waals surface area contributed by atoms with E-state index in [1.54, 1.807) is 37.0 Å². The molecule has 1 aromatic heterocycles. The number of hydrogen-bond acceptors (Lipinski definition) is 6. The summed E-state index contributed by atoms with van der Waals surface area (Å²) in [6.45, 7) is 0. The molecule has 3 rings (SSSR count). The summed E-state index contributed by atoms with van der Waals surface area (Å²) in [5.74, 6) is -1.28. The molecule has 0 radical (unpaired) electrons. The number of fused-ring (bicyclic) bond motifs is 1. The van der Waals surface area contributed by atoms with Crippen molar-refractivity contribution in [1.82, 2.24) is 5.32 Å². The number of nitrogens with one attached hydrogen (secondary N) is 1. The van der Waals surface area contributed by atoms with Crippen LogP contribution in [0.1, 0.15) is 11.1 Å². The van der Waals surface area contributed by atoms with Crippen LogP contribution in [0.25, 0.3) is 11.0 Å². The molecule has 154 valence electrons. The Kier molecular flexibility index (Phi) is 6.11. The highest BCUT2D eigenvalue weighted by molar-refractivity contribution is 8.01. The molecule has 1 heterocycles. The van der Waals surface area contributed by atoms with Crippen LogP contribution in [0.3, 0.4) is 0 Å². The average molecular weight is 416 g/mol. The van der Waals surface area contributed by atoms with E-state index in [1.807, 2.05) is 24.3 Å². The van der Waals surface area contributed by atoms with E-state index in [0.717, 1.165) is 10.9 Å². The van der Waals surface area contributed by atoms with Crippen LogP contribution in [-0.2, 0) is 27.6 Å². The van der Waals surface area contributed by atoms with Crippen molar-refractivity contribution >= 4 is 39.6 Å². The number of carbonyl (C=O) groups is 1. The summed E-state index contributed by atoms with van der Waals surface area (Å²) in [7, 11) is -4.31. The molecule has 0 aliphatic carbocycles. The largest absolute Gasteiger partial charge is 0.475 e. The first-order chi connectivity index (χ1) is 13.6. The van der Waals surface area contributed by atoms with Gasteiger partial charge in [-0.05, 0) is 48.3 Å². The summed E-state index contributed by atoms with van der Waals surface area (Å²) in [5, 5.41) is 23.0. The van der Waals surface area contributed by atoms with Gasteiger partial charge in [-0.3, -0.25) is 9.00 Å². The maximum atomic E-state index is 12.5. The fourth-order valence-corrected chi connectivity index (χ4v) is 4.44. The van der Waals surface area contributed by atoms with Gasteiger partial charge in [0.25, 0.3) is 0 Å². The molecule has 7 nitrogen and oxygen atoms in total. The minimum atomic E-state index is -2.58. The molecule has 29 heavy (non-hydrogen) atoms. The summed E-state index contributed by atoms with van der Waals surface area (Å²) < 4.78 is 17.8. The molecule has 3 aromatic rings. The van der Waals surface area contributed by atoms with Gasteiger partial charge in [0.15, 0.2) is 0 Å². The molecule has 1 atom stereocenters. The predicted molar refractivity (Wildman–Crippen MR) is 116 cm³/mol. The summed E-state index contributed by atoms with van der Waals surface area (Å²) >= 11 is 0. The second-order valence-electron chi connectivity index (χ2n) is 7.47. The summed E-state index contributed by atoms with van der Waals surface area (Å²) in [5.41, 5.74) is 8.44. The standard InChI is InChI=1S/C20H25BN2O5S/c1-29(2,27)18-9-13(7-8-16(18)22)10-20(24)23-19(21(25)26)11-14-12-28-17-6-4-3-5-15(14)17/h3-9,12,19,25-26,29H,10-11,22H2,1-2H3,(H,23,24)/t19-/m0/s1. The lowest BCUT2D eigenvalue weighted by Gasteiger charge is -2.19. The van der Waals surface area contributed by atoms with Gasteiger partial charge >= 0.3 is 7.12 Å². The Morgan fingerprint density at radius 3 is 2.66 bits per heavy atom. The summed E-state index contributed by atoms with van der Waals surface area (Å²) in [6.07, 6.45) is 5.00. The first-order valence-corrected chi connectivity index (χ1v) is 11.8. The number of anilines is 1. The van der Waals surface area contributed by atoms with Gasteiger partial charge in [-0.1, -0.05) is 34.2 Å². The highest BCUT2D eigenvalue weighted by Crippen LogP contribution is 2.24. The molecule has 0 saturated carbocycles. The first kappa shape index (κ1) is 21.1. The maximum Gasteiger partial charge on any atom is 0.475 e. The monoisotopic (exact) mass is 416 g/mol. The van der Waals surface area contributed by atoms with Crippen LogP contribution in [0.2, 0.25) is 0 Å². The molecule has 0 unspecified atom stereocenters. The van der Waals surface area contributed by atoms with Crippen LogP contribution >= 0.6 is 0 Å². The van der Waals surface area contributed by atoms with Crippen molar-refractivity contribution in [2.24, 2.45) is 0 Å². The van der Waals surface area contributed by atoms with Crippen LogP contribution in [0.5, 0.6) is 0 Å². The second kappa shape index (κ2) is 8.40. The van der Waals surface area contributed by atoms with Gasteiger partial charge in [0, 0.05) is 16.0 Å². The maximum absolute atomic E-state index is 12.5. The molecular weight excluding hydrogens is 391 g/mol. The number of furan rings is 1. The van der Waals surface area contributed by atoms with Crippen LogP contribution in [-0.4, -0.2) is 45.7 Å². The molecule has 5 N–H and O–H groups in total. The molecule has 0 aliphatic heterocycles. The quantitative estimate of drug-likeness (QED) is 0.222. The fraction of sp³-hybridized carbons (Fsp3) is 0.250. The number of hydrogen-bond donors (Lipinski definition) is 5. The molecule has 0 spiro atoms. The third kappa shape index (κ3) is 5.06. The Bertz CT molecular complexity index is 1080. The Labute approximate surface area is 170 Å². The normalized spacial score (nSPS) is 13.2. The number of amides is 1. The van der Waals surface area contributed by atoms with Gasteiger partial charge in [-0.25, -0.2) is 0 Å². The molecule has 0 fully saturated rings. The zero-order valence-corrected chi connectivity index (χ0v) is 17.2. The predicted octanol–water partition coefficient (Wildman–Crippen LogP) is 0.932. The van der Waals surface area contributed by atoms with Crippen molar-refractivity contribution in [2.45, 2.75) is 23.7 Å². The van der Waals surface area contributed by atoms with Crippen LogP contribution < -0.4 is 11.1 Å². The smallest absolute Gasteiger partial charge is 0.464 e. The van der Waals surface area contributed by atoms with Crippen molar-refractivity contribution in [3.8, 4) is 0 Å². The number of para-hydroxylation sites is 1. The molecule has 9 heteroatoms. The van der Waals surface area contributed by atoms with Crippen molar-refractivity contribution in [2.75, 3.05) is 18.2 Å². The summed E-state index contributed by atoms with van der Waals surface area (Å²) in [6, 6.07) is 12.4. The van der Waals surface area contributed by atoms with E-state index in [0.29, 0.717) is 21.7 Å². The number of benzene rings is 2. The lowest BCUT2D eigenvalue weighted by molar-refractivity contribution is -0.120. The third-order valence-electron chi connectivity index (χ3n) is 4.75. The Hall–Kier alpha value is -2.62. The van der Waals surface area contributed by atoms with Crippen LogP contribution in [0.4, 0.5) is 5.69 Å². The topological polar surface area (TPSA) is 126 Å². The zero-order valence-electron chi connectivity index (χ0n) is 16.3. The third-order valence-corrected chi connectivity index (χ3v) is 6.29. The van der Waals surface area contributed by atoms with E-state index in [9.17, 15) is 19.1 Å². The van der Waals surface area contributed by atoms with Crippen molar-refractivity contribution < 1.29 is 23.5 Å². The Balaban J connectivity index is 1.73. The second-order valence-corrected chi connectivity index (χ2v) is 10.7. The van der Waals surface area contributed by atoms with Gasteiger partial charge in [0.2, 0.25) is 5.91 Å². The van der Waals surface area contributed by atoms with Crippen molar-refractivity contribution in [3.63, 3.8) is 0 Å². The Morgan fingerprint density at radius 2 is 1.97 bits per heavy atom. The van der Waals surface area contributed by atoms with Crippen LogP contribution in [0.15, 0.2) is 58.0 Å². The van der Waals surface area contributed by atoms with E-state index in [4.69, 9.17) is 10.2 Å². The summed E-state index contributed by atoms with van der Waals surface area (Å²) in [4.78, 5) is 13.0. The number of nitrogens with two attached hydrogens (primary N) is 1. The average Bonchev–Trinajstić information content (AvgIpc) is 3.05. The van der Waals surface area contributed by atoms with Gasteiger partial charge in [-0.2, -0.15) is 0 Å². The molecule has 0 aliphatic rings. The van der Waals surface area contributed by atoms with Gasteiger partial charge in [-0.15, -0.1) is 0 Å². The first-order valence-electron chi connectivity index (χ1n) is 9.19. The minimum Gasteiger partial charge on any atom is -0.464 e. The van der Waals surface area contributed by atoms with E-state index >= 15 is 0 Å². The molecular formula is C20H25BN2O5S. The van der Waals surface area contributed by atoms with E-state index in [-0.39, 0.29) is 18.7 Å². The SMILES string of the molecule is C[SH](C)(=O)c1cc(CC(=O)N[C@@H](Cc2coc3ccccc23)B(O)O)ccc1N. The fourth-order valence-electron chi connectivity index (χ4n) is 3.27. The molecule has 2 aromatic carbocycles. The lowest BCUT2D eigenvalue weighted by Crippen LogP contribution is -2.48. The van der Waals surface area contributed by atoms with Crippen molar-refractivity contribution in [1.29, 1.82) is 0 Å². The highest BCUT2D eigenvalue weighted by atomic mass is 32.2. The Morgan fingerprint density at radius 1 is 1.24 bits per heavy atom. The van der Waals surface area contributed by atoms with Gasteiger partial charge in [0.1, 0.15) is 5.58 Å². The van der Waals surface area contributed by atoms with Gasteiger partial charge in [0.05, 0.1) is 18.6 Å². The number of nitrogen functional groups attached to an aromatic ring is 1. The molecule has 0 bridgehead atoms. The van der Waals surface area contributed by atoms with E-state index < -0.39 is 23.0 Å². The van der Waals surface area contributed by atoms with E-state index in [2.05, 4.69) is 5.32 Å². The van der Waals surface area contributed by atoms with Gasteiger partial charge < -0.3 is 25.5 Å². The highest BCUT2D eigenvalue weighted by Gasteiger charge is 2.27. The molecule has 1 amide bonds. The minimum absolute atomic E-state index is 0.00261. The number of carbonyl (C=O) groups excluding carboxylic acids is 1. The molecule has 0 saturated heterocycles. The number of thiol groups is 1. The number of rotatable bonds is 7.